The first-order valence-electron chi connectivity index (χ1n) is 5.59. The van der Waals surface area contributed by atoms with Gasteiger partial charge in [0.1, 0.15) is 12.3 Å². The fourth-order valence-corrected chi connectivity index (χ4v) is 2.47. The van der Waals surface area contributed by atoms with Crippen LogP contribution < -0.4 is 11.2 Å². The van der Waals surface area contributed by atoms with E-state index in [0.717, 1.165) is 4.57 Å². The summed E-state index contributed by atoms with van der Waals surface area (Å²) in [5.74, 6) is -1.17. The number of ether oxygens (including phenoxy) is 1. The molecule has 0 radical (unpaired) electrons. The largest absolute Gasteiger partial charge is 0.394 e. The van der Waals surface area contributed by atoms with Gasteiger partial charge in [-0.15, -0.1) is 0 Å². The zero-order valence-electron chi connectivity index (χ0n) is 9.98. The molecule has 0 bridgehead atoms. The molecule has 11 heteroatoms. The van der Waals surface area contributed by atoms with Crippen LogP contribution in [0.4, 0.5) is 4.39 Å². The van der Waals surface area contributed by atoms with Gasteiger partial charge in [0.2, 0.25) is 5.82 Å². The van der Waals surface area contributed by atoms with Crippen LogP contribution in [0.3, 0.4) is 0 Å². The van der Waals surface area contributed by atoms with E-state index in [9.17, 15) is 18.5 Å². The number of hydrogen-bond acceptors (Lipinski definition) is 6. The molecule has 2 heterocycles. The van der Waals surface area contributed by atoms with E-state index in [1.165, 1.54) is 0 Å². The van der Waals surface area contributed by atoms with Crippen molar-refractivity contribution in [3.05, 3.63) is 32.9 Å². The Bertz CT molecular complexity index is 629. The van der Waals surface area contributed by atoms with Crippen LogP contribution in [0, 0.1) is 5.82 Å². The average molecular weight is 310 g/mol. The molecule has 1 fully saturated rings. The van der Waals surface area contributed by atoms with E-state index in [1.54, 1.807) is 4.98 Å². The van der Waals surface area contributed by atoms with Gasteiger partial charge < -0.3 is 19.3 Å². The first-order chi connectivity index (χ1) is 9.42. The van der Waals surface area contributed by atoms with Gasteiger partial charge in [-0.2, -0.15) is 4.39 Å². The fraction of sp³-hybridized carbons (Fsp3) is 0.556. The molecule has 1 saturated heterocycles. The zero-order chi connectivity index (χ0) is 14.9. The Balaban J connectivity index is 2.27. The quantitative estimate of drug-likeness (QED) is 0.590. The van der Waals surface area contributed by atoms with E-state index >= 15 is 0 Å². The Hall–Kier alpha value is -1.32. The zero-order valence-corrected chi connectivity index (χ0v) is 11.0. The average Bonchev–Trinajstić information content (AvgIpc) is 2.75. The number of aliphatic hydroxyl groups is 1. The van der Waals surface area contributed by atoms with Gasteiger partial charge in [0.05, 0.1) is 18.9 Å². The lowest BCUT2D eigenvalue weighted by Gasteiger charge is -2.14. The van der Waals surface area contributed by atoms with Gasteiger partial charge in [-0.3, -0.25) is 18.9 Å². The minimum Gasteiger partial charge on any atom is -0.394 e. The minimum atomic E-state index is -3.25. The second-order valence-electron chi connectivity index (χ2n) is 4.11. The monoisotopic (exact) mass is 310 g/mol. The van der Waals surface area contributed by atoms with Gasteiger partial charge in [0.15, 0.2) is 0 Å². The minimum absolute atomic E-state index is 0.0480. The normalized spacial score (nSPS) is 27.6. The molecule has 0 spiro atoms. The molecular weight excluding hydrogens is 298 g/mol. The smallest absolute Gasteiger partial charge is 0.330 e. The molecule has 0 saturated carbocycles. The summed E-state index contributed by atoms with van der Waals surface area (Å²) in [6.07, 6.45) is -2.23. The van der Waals surface area contributed by atoms with Gasteiger partial charge in [0, 0.05) is 6.42 Å². The Morgan fingerprint density at radius 3 is 2.90 bits per heavy atom. The van der Waals surface area contributed by atoms with E-state index in [1.807, 2.05) is 0 Å². The van der Waals surface area contributed by atoms with Gasteiger partial charge in [-0.05, 0) is 0 Å². The number of nitrogens with zero attached hydrogens (tertiary/aromatic N) is 1. The first kappa shape index (κ1) is 15.1. The lowest BCUT2D eigenvalue weighted by Crippen LogP contribution is -2.34. The summed E-state index contributed by atoms with van der Waals surface area (Å²) < 4.78 is 34.6. The molecule has 1 aliphatic heterocycles. The van der Waals surface area contributed by atoms with Crippen molar-refractivity contribution in [3.8, 4) is 0 Å². The molecule has 9 nitrogen and oxygen atoms in total. The number of hydrogen-bond donors (Lipinski definition) is 3. The maximum absolute atomic E-state index is 13.2. The van der Waals surface area contributed by atoms with Crippen LogP contribution in [0.2, 0.25) is 0 Å². The first-order valence-corrected chi connectivity index (χ1v) is 6.85. The number of halogens is 1. The van der Waals surface area contributed by atoms with Crippen LogP contribution in [-0.4, -0.2) is 38.4 Å². The Kier molecular flexibility index (Phi) is 4.51. The van der Waals surface area contributed by atoms with Gasteiger partial charge in [-0.1, -0.05) is 0 Å². The van der Waals surface area contributed by atoms with Crippen LogP contribution in [0.1, 0.15) is 12.6 Å². The lowest BCUT2D eigenvalue weighted by atomic mass is 10.2. The molecular formula is C9H12FN2O7P. The van der Waals surface area contributed by atoms with Crippen molar-refractivity contribution in [3.63, 3.8) is 0 Å². The number of aromatic nitrogens is 2. The molecule has 3 unspecified atom stereocenters. The van der Waals surface area contributed by atoms with E-state index in [0.29, 0.717) is 6.20 Å². The Labute approximate surface area is 111 Å². The molecule has 0 aliphatic carbocycles. The van der Waals surface area contributed by atoms with Crippen LogP contribution in [0.5, 0.6) is 0 Å². The number of rotatable bonds is 4. The van der Waals surface area contributed by atoms with Gasteiger partial charge in [-0.25, -0.2) is 4.79 Å². The molecule has 0 aromatic carbocycles. The third kappa shape index (κ3) is 3.05. The van der Waals surface area contributed by atoms with Crippen LogP contribution in [0.25, 0.3) is 0 Å². The molecule has 1 aromatic rings. The summed E-state index contributed by atoms with van der Waals surface area (Å²) in [5.41, 5.74) is -2.05. The lowest BCUT2D eigenvalue weighted by molar-refractivity contribution is -0.0426. The number of aromatic amines is 1. The third-order valence-corrected chi connectivity index (χ3v) is 3.35. The highest BCUT2D eigenvalue weighted by Gasteiger charge is 2.38. The maximum atomic E-state index is 13.2. The van der Waals surface area contributed by atoms with E-state index < -0.39 is 50.4 Å². The predicted octanol–water partition coefficient (Wildman–Crippen LogP) is -1.28. The highest BCUT2D eigenvalue weighted by atomic mass is 31.1. The van der Waals surface area contributed by atoms with Gasteiger partial charge in [0.25, 0.3) is 5.56 Å². The fourth-order valence-electron chi connectivity index (χ4n) is 1.96. The molecule has 3 N–H and O–H groups in total. The van der Waals surface area contributed by atoms with Crippen molar-refractivity contribution in [1.82, 2.24) is 9.55 Å². The molecule has 112 valence electrons. The summed E-state index contributed by atoms with van der Waals surface area (Å²) in [7, 11) is -3.25. The summed E-state index contributed by atoms with van der Waals surface area (Å²) in [6.45, 7) is -0.503. The SMILES string of the molecule is O=c1[nH]c(=O)n(C2C[C@@H](O[PH](=O)O)C(CO)O2)cc1F. The Morgan fingerprint density at radius 2 is 2.30 bits per heavy atom. The highest BCUT2D eigenvalue weighted by Crippen LogP contribution is 2.34. The molecule has 1 aliphatic rings. The summed E-state index contributed by atoms with van der Waals surface area (Å²) >= 11 is 0. The molecule has 4 atom stereocenters. The van der Waals surface area contributed by atoms with E-state index in [4.69, 9.17) is 19.3 Å². The number of H-pyrrole nitrogens is 1. The predicted molar refractivity (Wildman–Crippen MR) is 63.0 cm³/mol. The van der Waals surface area contributed by atoms with Gasteiger partial charge >= 0.3 is 13.9 Å². The summed E-state index contributed by atoms with van der Waals surface area (Å²) in [6, 6.07) is 0. The van der Waals surface area contributed by atoms with Crippen molar-refractivity contribution < 1.29 is 28.2 Å². The van der Waals surface area contributed by atoms with Crippen molar-refractivity contribution in [2.45, 2.75) is 24.9 Å². The van der Waals surface area contributed by atoms with E-state index in [-0.39, 0.29) is 6.42 Å². The number of aliphatic hydroxyl groups excluding tert-OH is 1. The van der Waals surface area contributed by atoms with Crippen LogP contribution >= 0.6 is 8.25 Å². The third-order valence-electron chi connectivity index (χ3n) is 2.85. The second kappa shape index (κ2) is 5.98. The Morgan fingerprint density at radius 1 is 1.60 bits per heavy atom. The highest BCUT2D eigenvalue weighted by molar-refractivity contribution is 7.32. The summed E-state index contributed by atoms with van der Waals surface area (Å²) in [5, 5.41) is 9.09. The standard InChI is InChI=1S/C9H12FN2O7P/c10-4-2-12(9(15)11-8(4)14)7-1-5(19-20(16)17)6(3-13)18-7/h2,5-7,13,20H,1,3H2,(H,16,17)(H,11,14,15)/t5-,6?,7?/m1/s1. The van der Waals surface area contributed by atoms with Crippen molar-refractivity contribution in [1.29, 1.82) is 0 Å². The van der Waals surface area contributed by atoms with E-state index in [2.05, 4.69) is 0 Å². The summed E-state index contributed by atoms with van der Waals surface area (Å²) in [4.78, 5) is 33.0. The van der Waals surface area contributed by atoms with Crippen molar-refractivity contribution in [2.24, 2.45) is 0 Å². The molecule has 2 rings (SSSR count). The molecule has 20 heavy (non-hydrogen) atoms. The molecule has 1 aromatic heterocycles. The second-order valence-corrected chi connectivity index (χ2v) is 4.88. The van der Waals surface area contributed by atoms with Crippen LogP contribution in [-0.2, 0) is 13.8 Å². The van der Waals surface area contributed by atoms with Crippen molar-refractivity contribution >= 4 is 8.25 Å². The maximum Gasteiger partial charge on any atom is 0.330 e. The molecule has 0 amide bonds. The van der Waals surface area contributed by atoms with Crippen LogP contribution in [0.15, 0.2) is 15.8 Å². The van der Waals surface area contributed by atoms with Crippen molar-refractivity contribution in [2.75, 3.05) is 6.61 Å². The topological polar surface area (TPSA) is 131 Å². The number of nitrogens with one attached hydrogen (secondary N) is 1.